The minimum absolute atomic E-state index is 0. The van der Waals surface area contributed by atoms with Crippen LogP contribution in [0.15, 0.2) is 27.8 Å². The Morgan fingerprint density at radius 3 is 1.50 bits per heavy atom. The van der Waals surface area contributed by atoms with Crippen LogP contribution in [0.3, 0.4) is 0 Å². The molecular weight excluding hydrogens is 616 g/mol. The predicted molar refractivity (Wildman–Crippen MR) is 94.1 cm³/mol. The van der Waals surface area contributed by atoms with Gasteiger partial charge < -0.3 is 0 Å². The number of rotatable bonds is 2. The molecule has 98 valence electrons. The van der Waals surface area contributed by atoms with E-state index in [1.54, 1.807) is 0 Å². The van der Waals surface area contributed by atoms with E-state index in [-0.39, 0.29) is 37.7 Å². The van der Waals surface area contributed by atoms with Crippen LogP contribution < -0.4 is 0 Å². The summed E-state index contributed by atoms with van der Waals surface area (Å²) in [7, 11) is -4.16. The zero-order valence-electron chi connectivity index (χ0n) is 7.72. The van der Waals surface area contributed by atoms with Crippen LogP contribution in [0.1, 0.15) is 5.56 Å². The third kappa shape index (κ3) is 5.38. The Kier molecular flexibility index (Phi) is 9.40. The summed E-state index contributed by atoms with van der Waals surface area (Å²) in [6.45, 7) is 0. The van der Waals surface area contributed by atoms with Gasteiger partial charge in [0.25, 0.3) is 10.1 Å². The van der Waals surface area contributed by atoms with E-state index in [4.69, 9.17) is 4.55 Å². The third-order valence-electron chi connectivity index (χ3n) is 1.65. The first-order valence-corrected chi connectivity index (χ1v) is 9.29. The Morgan fingerprint density at radius 2 is 1.17 bits per heavy atom. The molecule has 0 aliphatic rings. The molecule has 0 spiro atoms. The van der Waals surface area contributed by atoms with Crippen LogP contribution in [0.25, 0.3) is 6.08 Å². The van der Waals surface area contributed by atoms with Crippen molar-refractivity contribution in [2.45, 2.75) is 0 Å². The number of hydrogen-bond acceptors (Lipinski definition) is 2. The number of hydrogen-bond donors (Lipinski definition) is 1. The molecule has 0 unspecified atom stereocenters. The van der Waals surface area contributed by atoms with Crippen molar-refractivity contribution in [1.29, 1.82) is 0 Å². The van der Waals surface area contributed by atoms with Gasteiger partial charge in [0.1, 0.15) is 0 Å². The van der Waals surface area contributed by atoms with Crippen LogP contribution in [0, 0.1) is 0 Å². The molecule has 0 saturated carbocycles. The van der Waals surface area contributed by atoms with E-state index >= 15 is 0 Å². The summed E-state index contributed by atoms with van der Waals surface area (Å²) in [6.07, 6.45) is 1.28. The summed E-state index contributed by atoms with van der Waals surface area (Å²) >= 11 is 16.7. The second kappa shape index (κ2) is 8.24. The monoisotopic (exact) mass is 616 g/mol. The molecule has 1 aromatic rings. The Bertz CT molecular complexity index is 570. The third-order valence-corrected chi connectivity index (χ3v) is 8.29. The first kappa shape index (κ1) is 20.5. The fourth-order valence-electron chi connectivity index (χ4n) is 0.922. The summed E-state index contributed by atoms with van der Waals surface area (Å²) in [5.74, 6) is 0. The maximum atomic E-state index is 10.7. The van der Waals surface area contributed by atoms with E-state index in [2.05, 4.69) is 79.6 Å². The van der Waals surface area contributed by atoms with Crippen molar-refractivity contribution in [2.24, 2.45) is 0 Å². The van der Waals surface area contributed by atoms with Crippen molar-refractivity contribution >= 4 is 134 Å². The summed E-state index contributed by atoms with van der Waals surface area (Å²) in [6, 6.07) is 0. The van der Waals surface area contributed by atoms with Gasteiger partial charge in [-0.2, -0.15) is 8.42 Å². The predicted octanol–water partition coefficient (Wildman–Crippen LogP) is 4.44. The van der Waals surface area contributed by atoms with E-state index in [1.807, 2.05) is 0 Å². The zero-order valence-corrected chi connectivity index (χ0v) is 16.5. The SMILES string of the molecule is O=S(=O)(O)C=Cc1c(Br)c(Br)c(Br)c(Br)c1Br.[CaH2]. The molecule has 0 amide bonds. The van der Waals surface area contributed by atoms with Crippen molar-refractivity contribution in [3.05, 3.63) is 33.3 Å². The van der Waals surface area contributed by atoms with Crippen LogP contribution in [-0.4, -0.2) is 50.7 Å². The van der Waals surface area contributed by atoms with Gasteiger partial charge >= 0.3 is 37.7 Å². The van der Waals surface area contributed by atoms with Gasteiger partial charge in [-0.1, -0.05) is 0 Å². The molecular formula is C8H5Br5CaO3S. The molecule has 10 heteroatoms. The van der Waals surface area contributed by atoms with E-state index in [9.17, 15) is 8.42 Å². The van der Waals surface area contributed by atoms with Gasteiger partial charge in [-0.25, -0.2) is 0 Å². The summed E-state index contributed by atoms with van der Waals surface area (Å²) in [5.41, 5.74) is 0.574. The summed E-state index contributed by atoms with van der Waals surface area (Å²) in [4.78, 5) is 0. The normalized spacial score (nSPS) is 11.7. The van der Waals surface area contributed by atoms with Crippen molar-refractivity contribution in [3.63, 3.8) is 0 Å². The zero-order chi connectivity index (χ0) is 13.4. The molecule has 0 aliphatic carbocycles. The Hall–Kier alpha value is 2.53. The Labute approximate surface area is 177 Å². The van der Waals surface area contributed by atoms with Crippen LogP contribution in [0.4, 0.5) is 0 Å². The Balaban J connectivity index is 0.00000289. The van der Waals surface area contributed by atoms with E-state index in [1.165, 1.54) is 6.08 Å². The molecule has 0 atom stereocenters. The second-order valence-corrected chi connectivity index (χ2v) is 8.07. The molecule has 1 N–H and O–H groups in total. The van der Waals surface area contributed by atoms with Gasteiger partial charge in [-0.3, -0.25) is 4.55 Å². The summed E-state index contributed by atoms with van der Waals surface area (Å²) in [5, 5.41) is 0.713. The van der Waals surface area contributed by atoms with E-state index in [0.29, 0.717) is 19.9 Å². The van der Waals surface area contributed by atoms with Crippen molar-refractivity contribution in [1.82, 2.24) is 0 Å². The first-order valence-electron chi connectivity index (χ1n) is 3.82. The van der Waals surface area contributed by atoms with Crippen LogP contribution in [0.5, 0.6) is 0 Å². The van der Waals surface area contributed by atoms with Crippen LogP contribution >= 0.6 is 79.6 Å². The van der Waals surface area contributed by atoms with Crippen LogP contribution in [0.2, 0.25) is 0 Å². The Morgan fingerprint density at radius 1 is 0.833 bits per heavy atom. The second-order valence-electron chi connectivity index (χ2n) is 2.80. The molecule has 1 aromatic carbocycles. The van der Waals surface area contributed by atoms with Gasteiger partial charge in [0, 0.05) is 27.9 Å². The fraction of sp³-hybridized carbons (Fsp3) is 0. The van der Waals surface area contributed by atoms with Crippen molar-refractivity contribution < 1.29 is 13.0 Å². The standard InChI is InChI=1S/C8H3Br5O3S.Ca.2H/c9-4-3(1-2-17(14,15)16)5(10)7(12)8(13)6(4)11;;;/h1-2H,(H,14,15,16);;;. The molecule has 0 aliphatic heterocycles. The molecule has 0 heterocycles. The molecule has 18 heavy (non-hydrogen) atoms. The molecule has 0 fully saturated rings. The average Bonchev–Trinajstić information content (AvgIpc) is 2.22. The molecule has 1 rings (SSSR count). The van der Waals surface area contributed by atoms with Crippen LogP contribution in [-0.2, 0) is 10.1 Å². The molecule has 0 bridgehead atoms. The van der Waals surface area contributed by atoms with Gasteiger partial charge in [-0.15, -0.1) is 0 Å². The fourth-order valence-corrected chi connectivity index (χ4v) is 4.57. The molecule has 0 aromatic heterocycles. The van der Waals surface area contributed by atoms with E-state index < -0.39 is 10.1 Å². The summed E-state index contributed by atoms with van der Waals surface area (Å²) < 4.78 is 33.5. The first-order chi connectivity index (χ1) is 7.65. The van der Waals surface area contributed by atoms with Gasteiger partial charge in [0.15, 0.2) is 0 Å². The quantitative estimate of drug-likeness (QED) is 0.230. The number of benzene rings is 1. The van der Waals surface area contributed by atoms with Crippen molar-refractivity contribution in [2.75, 3.05) is 0 Å². The number of halogens is 5. The maximum absolute atomic E-state index is 10.7. The van der Waals surface area contributed by atoms with Gasteiger partial charge in [0.05, 0.1) is 5.41 Å². The topological polar surface area (TPSA) is 54.4 Å². The molecule has 3 nitrogen and oxygen atoms in total. The van der Waals surface area contributed by atoms with Crippen molar-refractivity contribution in [3.8, 4) is 0 Å². The van der Waals surface area contributed by atoms with Gasteiger partial charge in [0.2, 0.25) is 0 Å². The molecule has 0 saturated heterocycles. The average molecular weight is 621 g/mol. The minimum atomic E-state index is -4.16. The van der Waals surface area contributed by atoms with Gasteiger partial charge in [-0.05, 0) is 85.7 Å². The van der Waals surface area contributed by atoms with E-state index in [0.717, 1.165) is 13.4 Å². The molecule has 0 radical (unpaired) electrons.